The van der Waals surface area contributed by atoms with Gasteiger partial charge in [-0.1, -0.05) is 0 Å². The van der Waals surface area contributed by atoms with Gasteiger partial charge >= 0.3 is 12.1 Å². The van der Waals surface area contributed by atoms with Crippen molar-refractivity contribution < 1.29 is 23.9 Å². The maximum atomic E-state index is 12.0. The topological polar surface area (TPSA) is 72.9 Å². The summed E-state index contributed by atoms with van der Waals surface area (Å²) in [5, 5.41) is 0. The third kappa shape index (κ3) is 4.54. The normalized spacial score (nSPS) is 19.5. The first-order valence-corrected chi connectivity index (χ1v) is 6.34. The molecule has 6 heteroatoms. The van der Waals surface area contributed by atoms with Crippen molar-refractivity contribution in [2.75, 3.05) is 13.7 Å². The molecule has 19 heavy (non-hydrogen) atoms. The fourth-order valence-electron chi connectivity index (χ4n) is 1.94. The molecule has 1 heterocycles. The molecule has 0 aromatic heterocycles. The van der Waals surface area contributed by atoms with E-state index in [1.54, 1.807) is 20.8 Å². The summed E-state index contributed by atoms with van der Waals surface area (Å²) in [6, 6.07) is -0.575. The molecule has 0 spiro atoms. The van der Waals surface area contributed by atoms with E-state index in [1.165, 1.54) is 12.0 Å². The third-order valence-electron chi connectivity index (χ3n) is 2.82. The zero-order valence-electron chi connectivity index (χ0n) is 11.9. The standard InChI is InChI=1S/C13H21NO5/c1-13(2,3)19-12(17)14-8-7-10(15)9(14)5-6-11(16)18-4/h9H,5-8H2,1-4H3. The van der Waals surface area contributed by atoms with Crippen molar-refractivity contribution in [2.45, 2.75) is 51.7 Å². The fraction of sp³-hybridized carbons (Fsp3) is 0.769. The number of hydrogen-bond donors (Lipinski definition) is 0. The molecule has 1 aliphatic rings. The van der Waals surface area contributed by atoms with Crippen LogP contribution >= 0.6 is 0 Å². The maximum absolute atomic E-state index is 12.0. The van der Waals surface area contributed by atoms with Crippen LogP contribution in [0.4, 0.5) is 4.79 Å². The summed E-state index contributed by atoms with van der Waals surface area (Å²) < 4.78 is 9.79. The Balaban J connectivity index is 2.63. The average molecular weight is 271 g/mol. The molecular weight excluding hydrogens is 250 g/mol. The first-order chi connectivity index (χ1) is 8.74. The Labute approximate surface area is 113 Å². The Morgan fingerprint density at radius 3 is 2.53 bits per heavy atom. The van der Waals surface area contributed by atoms with Crippen LogP contribution in [-0.4, -0.2) is 48.0 Å². The summed E-state index contributed by atoms with van der Waals surface area (Å²) in [4.78, 5) is 36.2. The minimum absolute atomic E-state index is 0.0326. The Bertz CT molecular complexity index is 372. The Morgan fingerprint density at radius 2 is 2.00 bits per heavy atom. The van der Waals surface area contributed by atoms with Crippen LogP contribution < -0.4 is 0 Å². The van der Waals surface area contributed by atoms with Crippen LogP contribution in [-0.2, 0) is 19.1 Å². The number of likely N-dealkylation sites (tertiary alicyclic amines) is 1. The van der Waals surface area contributed by atoms with Gasteiger partial charge in [-0.15, -0.1) is 0 Å². The molecule has 0 aromatic rings. The van der Waals surface area contributed by atoms with Crippen molar-refractivity contribution in [2.24, 2.45) is 0 Å². The smallest absolute Gasteiger partial charge is 0.410 e. The summed E-state index contributed by atoms with van der Waals surface area (Å²) >= 11 is 0. The van der Waals surface area contributed by atoms with Gasteiger partial charge in [-0.25, -0.2) is 4.79 Å². The van der Waals surface area contributed by atoms with E-state index in [0.29, 0.717) is 13.0 Å². The zero-order chi connectivity index (χ0) is 14.6. The third-order valence-corrected chi connectivity index (χ3v) is 2.82. The van der Waals surface area contributed by atoms with Crippen LogP contribution in [0.2, 0.25) is 0 Å². The summed E-state index contributed by atoms with van der Waals surface area (Å²) in [6.07, 6.45) is 0.204. The van der Waals surface area contributed by atoms with E-state index in [9.17, 15) is 14.4 Å². The van der Waals surface area contributed by atoms with Gasteiger partial charge < -0.3 is 9.47 Å². The van der Waals surface area contributed by atoms with Crippen LogP contribution in [0, 0.1) is 0 Å². The van der Waals surface area contributed by atoms with E-state index in [4.69, 9.17) is 4.74 Å². The number of hydrogen-bond acceptors (Lipinski definition) is 5. The predicted octanol–water partition coefficient (Wildman–Crippen LogP) is 1.52. The van der Waals surface area contributed by atoms with Crippen molar-refractivity contribution in [1.82, 2.24) is 4.90 Å². The number of Topliss-reactive ketones (excluding diaryl/α,β-unsaturated/α-hetero) is 1. The Hall–Kier alpha value is -1.59. The lowest BCUT2D eigenvalue weighted by atomic mass is 10.1. The zero-order valence-corrected chi connectivity index (χ0v) is 11.9. The number of amides is 1. The van der Waals surface area contributed by atoms with Crippen LogP contribution in [0.5, 0.6) is 0 Å². The van der Waals surface area contributed by atoms with E-state index in [0.717, 1.165) is 0 Å². The van der Waals surface area contributed by atoms with Crippen molar-refractivity contribution in [3.8, 4) is 0 Å². The minimum atomic E-state index is -0.602. The monoisotopic (exact) mass is 271 g/mol. The molecule has 0 saturated carbocycles. The molecule has 1 atom stereocenters. The second-order valence-corrected chi connectivity index (χ2v) is 5.52. The minimum Gasteiger partial charge on any atom is -0.469 e. The highest BCUT2D eigenvalue weighted by atomic mass is 16.6. The van der Waals surface area contributed by atoms with Crippen molar-refractivity contribution in [3.05, 3.63) is 0 Å². The number of rotatable bonds is 3. The van der Waals surface area contributed by atoms with Crippen LogP contribution in [0.25, 0.3) is 0 Å². The number of ether oxygens (including phenoxy) is 2. The molecule has 1 aliphatic heterocycles. The van der Waals surface area contributed by atoms with E-state index < -0.39 is 17.7 Å². The van der Waals surface area contributed by atoms with E-state index in [-0.39, 0.29) is 24.6 Å². The second kappa shape index (κ2) is 6.04. The molecule has 0 aromatic carbocycles. The van der Waals surface area contributed by atoms with Gasteiger partial charge in [0.15, 0.2) is 5.78 Å². The number of nitrogens with zero attached hydrogens (tertiary/aromatic N) is 1. The van der Waals surface area contributed by atoms with Crippen LogP contribution in [0.15, 0.2) is 0 Å². The SMILES string of the molecule is COC(=O)CCC1C(=O)CCN1C(=O)OC(C)(C)C. The lowest BCUT2D eigenvalue weighted by Crippen LogP contribution is -2.41. The van der Waals surface area contributed by atoms with Gasteiger partial charge in [-0.3, -0.25) is 14.5 Å². The van der Waals surface area contributed by atoms with Crippen molar-refractivity contribution >= 4 is 17.8 Å². The van der Waals surface area contributed by atoms with Gasteiger partial charge in [-0.2, -0.15) is 0 Å². The fourth-order valence-corrected chi connectivity index (χ4v) is 1.94. The lowest BCUT2D eigenvalue weighted by Gasteiger charge is -2.27. The number of ketones is 1. The van der Waals surface area contributed by atoms with Crippen LogP contribution in [0.3, 0.4) is 0 Å². The molecular formula is C13H21NO5. The van der Waals surface area contributed by atoms with Gasteiger partial charge in [0, 0.05) is 19.4 Å². The molecule has 0 radical (unpaired) electrons. The molecule has 1 rings (SSSR count). The van der Waals surface area contributed by atoms with Gasteiger partial charge in [0.1, 0.15) is 5.60 Å². The summed E-state index contributed by atoms with van der Waals surface area (Å²) in [6.45, 7) is 5.66. The molecule has 108 valence electrons. The highest BCUT2D eigenvalue weighted by molar-refractivity contribution is 5.91. The van der Waals surface area contributed by atoms with Gasteiger partial charge in [-0.05, 0) is 27.2 Å². The Kier molecular flexibility index (Phi) is 4.91. The Morgan fingerprint density at radius 1 is 1.37 bits per heavy atom. The number of methoxy groups -OCH3 is 1. The average Bonchev–Trinajstić information content (AvgIpc) is 2.65. The molecule has 0 N–H and O–H groups in total. The first kappa shape index (κ1) is 15.5. The van der Waals surface area contributed by atoms with E-state index in [1.807, 2.05) is 0 Å². The predicted molar refractivity (Wildman–Crippen MR) is 67.6 cm³/mol. The summed E-state index contributed by atoms with van der Waals surface area (Å²) in [5.74, 6) is -0.418. The maximum Gasteiger partial charge on any atom is 0.410 e. The number of esters is 1. The second-order valence-electron chi connectivity index (χ2n) is 5.52. The summed E-state index contributed by atoms with van der Waals surface area (Å²) in [7, 11) is 1.30. The first-order valence-electron chi connectivity index (χ1n) is 6.34. The summed E-state index contributed by atoms with van der Waals surface area (Å²) in [5.41, 5.74) is -0.602. The molecule has 0 bridgehead atoms. The number of carbonyl (C=O) groups excluding carboxylic acids is 3. The molecule has 1 saturated heterocycles. The molecule has 1 amide bonds. The highest BCUT2D eigenvalue weighted by Gasteiger charge is 2.37. The van der Waals surface area contributed by atoms with Gasteiger partial charge in [0.25, 0.3) is 0 Å². The van der Waals surface area contributed by atoms with Gasteiger partial charge in [0.2, 0.25) is 0 Å². The number of carbonyl (C=O) groups is 3. The molecule has 6 nitrogen and oxygen atoms in total. The van der Waals surface area contributed by atoms with E-state index in [2.05, 4.69) is 4.74 Å². The lowest BCUT2D eigenvalue weighted by molar-refractivity contribution is -0.141. The quantitative estimate of drug-likeness (QED) is 0.728. The highest BCUT2D eigenvalue weighted by Crippen LogP contribution is 2.21. The van der Waals surface area contributed by atoms with Crippen molar-refractivity contribution in [1.29, 1.82) is 0 Å². The van der Waals surface area contributed by atoms with Gasteiger partial charge in [0.05, 0.1) is 13.2 Å². The molecule has 0 aliphatic carbocycles. The molecule has 1 unspecified atom stereocenters. The largest absolute Gasteiger partial charge is 0.469 e. The van der Waals surface area contributed by atoms with Crippen molar-refractivity contribution in [3.63, 3.8) is 0 Å². The van der Waals surface area contributed by atoms with E-state index >= 15 is 0 Å². The molecule has 1 fully saturated rings. The van der Waals surface area contributed by atoms with Crippen LogP contribution in [0.1, 0.15) is 40.0 Å².